The molecule has 2 rings (SSSR count). The quantitative estimate of drug-likeness (QED) is 0.694. The fourth-order valence-corrected chi connectivity index (χ4v) is 1.67. The largest absolute Gasteiger partial charge is 0.353 e. The van der Waals surface area contributed by atoms with Gasteiger partial charge in [0.2, 0.25) is 0 Å². The molecule has 0 N–H and O–H groups in total. The fourth-order valence-electron chi connectivity index (χ4n) is 1.67. The Morgan fingerprint density at radius 2 is 2.44 bits per heavy atom. The number of carbonyl (C=O) groups is 1. The third-order valence-corrected chi connectivity index (χ3v) is 2.50. The second kappa shape index (κ2) is 5.01. The van der Waals surface area contributed by atoms with Crippen molar-refractivity contribution in [2.75, 3.05) is 6.61 Å². The van der Waals surface area contributed by atoms with Crippen molar-refractivity contribution < 1.29 is 14.3 Å². The first-order valence-corrected chi connectivity index (χ1v) is 5.26. The molecule has 0 bridgehead atoms. The average Bonchev–Trinajstić information content (AvgIpc) is 2.33. The zero-order chi connectivity index (χ0) is 11.4. The first kappa shape index (κ1) is 11.0. The molecule has 1 fully saturated rings. The Labute approximate surface area is 93.4 Å². The van der Waals surface area contributed by atoms with E-state index in [9.17, 15) is 4.79 Å². The smallest absolute Gasteiger partial charge is 0.192 e. The molecule has 0 aromatic rings. The zero-order valence-corrected chi connectivity index (χ0v) is 8.76. The van der Waals surface area contributed by atoms with Gasteiger partial charge in [0.1, 0.15) is 6.07 Å². The summed E-state index contributed by atoms with van der Waals surface area (Å²) in [5.74, 6) is -0.249. The van der Waals surface area contributed by atoms with Gasteiger partial charge < -0.3 is 9.47 Å². The Kier molecular flexibility index (Phi) is 3.44. The minimum atomic E-state index is -0.891. The normalized spacial score (nSPS) is 29.7. The molecule has 2 aliphatic rings. The second-order valence-electron chi connectivity index (χ2n) is 3.66. The number of ether oxygens (including phenoxy) is 2. The number of hydrogen-bond acceptors (Lipinski definition) is 5. The van der Waals surface area contributed by atoms with Gasteiger partial charge in [-0.1, -0.05) is 0 Å². The van der Waals surface area contributed by atoms with Gasteiger partial charge in [0.15, 0.2) is 23.9 Å². The van der Waals surface area contributed by atoms with Crippen LogP contribution in [0.25, 0.3) is 0 Å². The molecular formula is C11H12N2O3. The van der Waals surface area contributed by atoms with Crippen LogP contribution >= 0.6 is 0 Å². The predicted octanol–water partition coefficient (Wildman–Crippen LogP) is 0.959. The molecule has 5 heteroatoms. The van der Waals surface area contributed by atoms with Crippen LogP contribution in [0.3, 0.4) is 0 Å². The lowest BCUT2D eigenvalue weighted by atomic mass is 10.1. The number of rotatable bonds is 2. The molecule has 2 aliphatic heterocycles. The van der Waals surface area contributed by atoms with E-state index in [4.69, 9.17) is 14.7 Å². The fraction of sp³-hybridized carbons (Fsp3) is 0.545. The van der Waals surface area contributed by atoms with Gasteiger partial charge in [-0.15, -0.1) is 0 Å². The van der Waals surface area contributed by atoms with Crippen molar-refractivity contribution in [3.05, 3.63) is 12.3 Å². The third kappa shape index (κ3) is 2.35. The molecule has 5 nitrogen and oxygen atoms in total. The lowest BCUT2D eigenvalue weighted by Gasteiger charge is -2.26. The van der Waals surface area contributed by atoms with Crippen LogP contribution in [0.1, 0.15) is 19.3 Å². The summed E-state index contributed by atoms with van der Waals surface area (Å²) in [6.45, 7) is 0.639. The molecule has 2 heterocycles. The molecule has 1 saturated heterocycles. The molecule has 2 atom stereocenters. The first-order chi connectivity index (χ1) is 7.81. The zero-order valence-electron chi connectivity index (χ0n) is 8.76. The van der Waals surface area contributed by atoms with Crippen molar-refractivity contribution in [3.63, 3.8) is 0 Å². The predicted molar refractivity (Wildman–Crippen MR) is 55.7 cm³/mol. The molecule has 0 radical (unpaired) electrons. The maximum absolute atomic E-state index is 11.5. The highest BCUT2D eigenvalue weighted by Crippen LogP contribution is 2.17. The molecule has 0 spiro atoms. The highest BCUT2D eigenvalue weighted by molar-refractivity contribution is 6.19. The number of nitriles is 1. The van der Waals surface area contributed by atoms with Crippen molar-refractivity contribution >= 4 is 11.5 Å². The third-order valence-electron chi connectivity index (χ3n) is 2.50. The molecule has 0 saturated carbocycles. The van der Waals surface area contributed by atoms with Gasteiger partial charge in [-0.25, -0.2) is 4.99 Å². The van der Waals surface area contributed by atoms with Crippen molar-refractivity contribution in [3.8, 4) is 6.07 Å². The number of nitrogens with zero attached hydrogens (tertiary/aromatic N) is 2. The van der Waals surface area contributed by atoms with Crippen LogP contribution in [0, 0.1) is 11.3 Å². The van der Waals surface area contributed by atoms with Gasteiger partial charge >= 0.3 is 0 Å². The summed E-state index contributed by atoms with van der Waals surface area (Å²) in [4.78, 5) is 15.4. The van der Waals surface area contributed by atoms with Crippen molar-refractivity contribution in [2.45, 2.75) is 31.7 Å². The number of ketones is 1. The van der Waals surface area contributed by atoms with Crippen LogP contribution in [-0.4, -0.2) is 30.5 Å². The number of aliphatic imine (C=N–C) groups is 1. The highest BCUT2D eigenvalue weighted by Gasteiger charge is 2.29. The number of carbonyl (C=O) groups excluding carboxylic acids is 1. The summed E-state index contributed by atoms with van der Waals surface area (Å²) >= 11 is 0. The summed E-state index contributed by atoms with van der Waals surface area (Å²) in [6, 6.07) is 1.87. The Morgan fingerprint density at radius 1 is 1.56 bits per heavy atom. The molecular weight excluding hydrogens is 208 g/mol. The summed E-state index contributed by atoms with van der Waals surface area (Å²) < 4.78 is 10.8. The molecule has 0 aromatic carbocycles. The van der Waals surface area contributed by atoms with E-state index < -0.39 is 12.4 Å². The van der Waals surface area contributed by atoms with Crippen LogP contribution in [0.15, 0.2) is 17.3 Å². The van der Waals surface area contributed by atoms with E-state index in [0.29, 0.717) is 6.61 Å². The van der Waals surface area contributed by atoms with Crippen molar-refractivity contribution in [2.24, 2.45) is 4.99 Å². The monoisotopic (exact) mass is 220 g/mol. The second-order valence-corrected chi connectivity index (χ2v) is 3.66. The summed E-state index contributed by atoms with van der Waals surface area (Å²) in [6.07, 6.45) is 4.13. The SMILES string of the molecule is N#CC1=NC=CC(=O)C1OC1CCCCO1. The number of hydrogen-bond donors (Lipinski definition) is 0. The van der Waals surface area contributed by atoms with E-state index in [0.717, 1.165) is 19.3 Å². The molecule has 16 heavy (non-hydrogen) atoms. The molecule has 0 aromatic heterocycles. The standard InChI is InChI=1S/C11H12N2O3/c12-7-8-11(9(14)4-5-13-8)16-10-3-1-2-6-15-10/h4-5,10-11H,1-3,6H2. The van der Waals surface area contributed by atoms with Gasteiger partial charge in [-0.3, -0.25) is 4.79 Å². The first-order valence-electron chi connectivity index (χ1n) is 5.26. The minimum Gasteiger partial charge on any atom is -0.353 e. The Hall–Kier alpha value is -1.51. The van der Waals surface area contributed by atoms with Gasteiger partial charge in [0, 0.05) is 18.9 Å². The Morgan fingerprint density at radius 3 is 3.12 bits per heavy atom. The molecule has 0 amide bonds. The van der Waals surface area contributed by atoms with Crippen LogP contribution < -0.4 is 0 Å². The van der Waals surface area contributed by atoms with E-state index in [1.54, 1.807) is 0 Å². The molecule has 84 valence electrons. The van der Waals surface area contributed by atoms with Gasteiger partial charge in [-0.2, -0.15) is 5.26 Å². The topological polar surface area (TPSA) is 71.7 Å². The van der Waals surface area contributed by atoms with Crippen LogP contribution in [0.2, 0.25) is 0 Å². The van der Waals surface area contributed by atoms with E-state index in [1.165, 1.54) is 12.3 Å². The van der Waals surface area contributed by atoms with E-state index in [1.807, 2.05) is 6.07 Å². The maximum atomic E-state index is 11.5. The van der Waals surface area contributed by atoms with Crippen molar-refractivity contribution in [1.82, 2.24) is 0 Å². The van der Waals surface area contributed by atoms with Gasteiger partial charge in [-0.05, 0) is 19.3 Å². The summed E-state index contributed by atoms with van der Waals surface area (Å²) in [5, 5.41) is 8.82. The van der Waals surface area contributed by atoms with Gasteiger partial charge in [0.05, 0.1) is 0 Å². The van der Waals surface area contributed by atoms with E-state index in [-0.39, 0.29) is 11.5 Å². The molecule has 2 unspecified atom stereocenters. The maximum Gasteiger partial charge on any atom is 0.192 e. The lowest BCUT2D eigenvalue weighted by Crippen LogP contribution is -2.38. The summed E-state index contributed by atoms with van der Waals surface area (Å²) in [7, 11) is 0. The molecule has 0 aliphatic carbocycles. The van der Waals surface area contributed by atoms with Gasteiger partial charge in [0.25, 0.3) is 0 Å². The summed E-state index contributed by atoms with van der Waals surface area (Å²) in [5.41, 5.74) is 0.0988. The van der Waals surface area contributed by atoms with Crippen LogP contribution in [-0.2, 0) is 14.3 Å². The minimum absolute atomic E-state index is 0.0988. The Balaban J connectivity index is 2.02. The van der Waals surface area contributed by atoms with Crippen LogP contribution in [0.4, 0.5) is 0 Å². The van der Waals surface area contributed by atoms with E-state index in [2.05, 4.69) is 4.99 Å². The Bertz CT molecular complexity index is 375. The average molecular weight is 220 g/mol. The highest BCUT2D eigenvalue weighted by atomic mass is 16.7. The van der Waals surface area contributed by atoms with Crippen molar-refractivity contribution in [1.29, 1.82) is 5.26 Å². The lowest BCUT2D eigenvalue weighted by molar-refractivity contribution is -0.177. The van der Waals surface area contributed by atoms with E-state index >= 15 is 0 Å². The van der Waals surface area contributed by atoms with Crippen LogP contribution in [0.5, 0.6) is 0 Å².